The van der Waals surface area contributed by atoms with Crippen LogP contribution in [-0.2, 0) is 21.0 Å². The Morgan fingerprint density at radius 3 is 2.25 bits per heavy atom. The van der Waals surface area contributed by atoms with Gasteiger partial charge in [-0.05, 0) is 35.2 Å². The minimum absolute atomic E-state index is 0.0742. The van der Waals surface area contributed by atoms with E-state index in [2.05, 4.69) is 26.7 Å². The molecule has 0 aliphatic carbocycles. The van der Waals surface area contributed by atoms with E-state index in [0.717, 1.165) is 0 Å². The van der Waals surface area contributed by atoms with Crippen molar-refractivity contribution in [1.29, 1.82) is 0 Å². The Bertz CT molecular complexity index is 739. The Hall–Kier alpha value is -2.29. The monoisotopic (exact) mass is 344 g/mol. The van der Waals surface area contributed by atoms with Crippen molar-refractivity contribution in [2.45, 2.75) is 26.2 Å². The molecule has 0 fully saturated rings. The molecule has 0 saturated carbocycles. The van der Waals surface area contributed by atoms with E-state index in [0.29, 0.717) is 17.2 Å². The van der Waals surface area contributed by atoms with Gasteiger partial charge in [0.15, 0.2) is 11.5 Å². The van der Waals surface area contributed by atoms with Gasteiger partial charge in [-0.1, -0.05) is 51.0 Å². The van der Waals surface area contributed by atoms with Crippen LogP contribution in [0.3, 0.4) is 0 Å². The molecule has 0 radical (unpaired) electrons. The van der Waals surface area contributed by atoms with Crippen LogP contribution in [0.25, 0.3) is 0 Å². The number of hydrogen-bond acceptors (Lipinski definition) is 4. The predicted octanol–water partition coefficient (Wildman–Crippen LogP) is 4.38. The summed E-state index contributed by atoms with van der Waals surface area (Å²) in [5, 5.41) is 0. The minimum Gasteiger partial charge on any atom is -0.453 e. The number of rotatable bonds is 6. The van der Waals surface area contributed by atoms with Crippen LogP contribution in [0.5, 0.6) is 17.2 Å². The minimum atomic E-state index is -1.98. The Labute approximate surface area is 145 Å². The molecule has 0 aromatic heterocycles. The van der Waals surface area contributed by atoms with Gasteiger partial charge in [-0.25, -0.2) is 4.18 Å². The van der Waals surface area contributed by atoms with Gasteiger partial charge in [0.1, 0.15) is 12.4 Å². The topological polar surface area (TPSA) is 44.8 Å². The number of para-hydroxylation sites is 2. The zero-order valence-corrected chi connectivity index (χ0v) is 14.8. The Morgan fingerprint density at radius 1 is 1.04 bits per heavy atom. The van der Waals surface area contributed by atoms with E-state index in [1.54, 1.807) is 24.3 Å². The molecule has 126 valence electrons. The van der Waals surface area contributed by atoms with E-state index < -0.39 is 11.4 Å². The molecule has 5 heteroatoms. The molecule has 2 aromatic carbocycles. The maximum atomic E-state index is 11.6. The van der Waals surface area contributed by atoms with Crippen molar-refractivity contribution in [3.63, 3.8) is 0 Å². The average Bonchev–Trinajstić information content (AvgIpc) is 2.54. The third-order valence-corrected chi connectivity index (χ3v) is 3.82. The van der Waals surface area contributed by atoms with Gasteiger partial charge >= 0.3 is 11.4 Å². The van der Waals surface area contributed by atoms with Gasteiger partial charge in [-0.2, -0.15) is 4.21 Å². The summed E-state index contributed by atoms with van der Waals surface area (Å²) in [5.74, 6) is 3.65. The molecule has 0 bridgehead atoms. The quantitative estimate of drug-likeness (QED) is 0.729. The van der Waals surface area contributed by atoms with E-state index >= 15 is 0 Å². The SMILES string of the molecule is C#CCO[S@@](=O)Oc1ccccc1Oc1ccc(C(C)(C)C)cc1. The van der Waals surface area contributed by atoms with Crippen LogP contribution >= 0.6 is 0 Å². The van der Waals surface area contributed by atoms with E-state index in [9.17, 15) is 4.21 Å². The fraction of sp³-hybridized carbons (Fsp3) is 0.263. The average molecular weight is 344 g/mol. The number of terminal acetylenes is 1. The third-order valence-electron chi connectivity index (χ3n) is 3.19. The lowest BCUT2D eigenvalue weighted by molar-refractivity contribution is 0.346. The largest absolute Gasteiger partial charge is 0.453 e. The Kier molecular flexibility index (Phi) is 6.02. The highest BCUT2D eigenvalue weighted by molar-refractivity contribution is 7.75. The van der Waals surface area contributed by atoms with Gasteiger partial charge in [-0.15, -0.1) is 6.42 Å². The van der Waals surface area contributed by atoms with Crippen LogP contribution in [0, 0.1) is 12.3 Å². The lowest BCUT2D eigenvalue weighted by atomic mass is 9.87. The molecule has 0 unspecified atom stereocenters. The van der Waals surface area contributed by atoms with E-state index in [1.807, 2.05) is 24.3 Å². The van der Waals surface area contributed by atoms with Crippen LogP contribution in [0.1, 0.15) is 26.3 Å². The fourth-order valence-electron chi connectivity index (χ4n) is 1.93. The predicted molar refractivity (Wildman–Crippen MR) is 95.2 cm³/mol. The first-order valence-electron chi connectivity index (χ1n) is 7.44. The van der Waals surface area contributed by atoms with Crippen molar-refractivity contribution in [2.24, 2.45) is 0 Å². The van der Waals surface area contributed by atoms with Crippen molar-refractivity contribution < 1.29 is 17.3 Å². The molecule has 0 N–H and O–H groups in total. The highest BCUT2D eigenvalue weighted by atomic mass is 32.2. The number of hydrogen-bond donors (Lipinski definition) is 0. The van der Waals surface area contributed by atoms with Crippen molar-refractivity contribution in [1.82, 2.24) is 0 Å². The van der Waals surface area contributed by atoms with Crippen LogP contribution in [0.4, 0.5) is 0 Å². The summed E-state index contributed by atoms with van der Waals surface area (Å²) in [6, 6.07) is 14.8. The summed E-state index contributed by atoms with van der Waals surface area (Å²) in [5.41, 5.74) is 1.29. The summed E-state index contributed by atoms with van der Waals surface area (Å²) in [6.07, 6.45) is 5.06. The Balaban J connectivity index is 2.13. The van der Waals surface area contributed by atoms with E-state index in [1.165, 1.54) is 5.56 Å². The normalized spacial score (nSPS) is 12.2. The van der Waals surface area contributed by atoms with Crippen LogP contribution in [-0.4, -0.2) is 10.8 Å². The lowest BCUT2D eigenvalue weighted by Crippen LogP contribution is -2.10. The zero-order chi connectivity index (χ0) is 17.6. The first-order chi connectivity index (χ1) is 11.4. The van der Waals surface area contributed by atoms with E-state index in [-0.39, 0.29) is 12.0 Å². The molecule has 1 atom stereocenters. The summed E-state index contributed by atoms with van der Waals surface area (Å²) in [7, 11) is 0. The molecule has 24 heavy (non-hydrogen) atoms. The molecule has 0 aliphatic rings. The molecule has 4 nitrogen and oxygen atoms in total. The fourth-order valence-corrected chi connectivity index (χ4v) is 2.43. The van der Waals surface area contributed by atoms with Crippen molar-refractivity contribution >= 4 is 11.4 Å². The number of benzene rings is 2. The number of ether oxygens (including phenoxy) is 1. The lowest BCUT2D eigenvalue weighted by Gasteiger charge is -2.19. The second-order valence-corrected chi connectivity index (χ2v) is 6.89. The molecule has 2 aromatic rings. The van der Waals surface area contributed by atoms with Crippen LogP contribution in [0.15, 0.2) is 48.5 Å². The van der Waals surface area contributed by atoms with Gasteiger partial charge in [-0.3, -0.25) is 0 Å². The van der Waals surface area contributed by atoms with E-state index in [4.69, 9.17) is 19.5 Å². The standard InChI is InChI=1S/C19H20O4S/c1-5-14-21-24(20)23-18-9-7-6-8-17(18)22-16-12-10-15(11-13-16)19(2,3)4/h1,6-13H,14H2,2-4H3/t24-/m1/s1. The summed E-state index contributed by atoms with van der Waals surface area (Å²) < 4.78 is 27.5. The molecule has 2 rings (SSSR count). The maximum Gasteiger partial charge on any atom is 0.361 e. The second kappa shape index (κ2) is 8.00. The van der Waals surface area contributed by atoms with Crippen LogP contribution < -0.4 is 8.92 Å². The molecule has 0 spiro atoms. The van der Waals surface area contributed by atoms with Crippen molar-refractivity contribution in [2.75, 3.05) is 6.61 Å². The maximum absolute atomic E-state index is 11.6. The molecular weight excluding hydrogens is 324 g/mol. The van der Waals surface area contributed by atoms with Crippen molar-refractivity contribution in [3.8, 4) is 29.6 Å². The van der Waals surface area contributed by atoms with Gasteiger partial charge in [0.05, 0.1) is 0 Å². The first kappa shape index (κ1) is 18.1. The molecule has 0 saturated heterocycles. The molecule has 0 amide bonds. The van der Waals surface area contributed by atoms with Gasteiger partial charge in [0.25, 0.3) is 0 Å². The van der Waals surface area contributed by atoms with Gasteiger partial charge in [0, 0.05) is 0 Å². The Morgan fingerprint density at radius 2 is 1.67 bits per heavy atom. The molecule has 0 aliphatic heterocycles. The van der Waals surface area contributed by atoms with Gasteiger partial charge < -0.3 is 8.92 Å². The van der Waals surface area contributed by atoms with Crippen LogP contribution in [0.2, 0.25) is 0 Å². The smallest absolute Gasteiger partial charge is 0.361 e. The molecular formula is C19H20O4S. The van der Waals surface area contributed by atoms with Crippen molar-refractivity contribution in [3.05, 3.63) is 54.1 Å². The molecule has 0 heterocycles. The highest BCUT2D eigenvalue weighted by Gasteiger charge is 2.14. The first-order valence-corrected chi connectivity index (χ1v) is 8.44. The summed E-state index contributed by atoms with van der Waals surface area (Å²) >= 11 is -1.98. The third kappa shape index (κ3) is 5.12. The van der Waals surface area contributed by atoms with Gasteiger partial charge in [0.2, 0.25) is 0 Å². The highest BCUT2D eigenvalue weighted by Crippen LogP contribution is 2.33. The summed E-state index contributed by atoms with van der Waals surface area (Å²) in [6.45, 7) is 6.36. The zero-order valence-electron chi connectivity index (χ0n) is 13.9. The summed E-state index contributed by atoms with van der Waals surface area (Å²) in [4.78, 5) is 0. The second-order valence-electron chi connectivity index (χ2n) is 6.08.